The maximum atomic E-state index is 12.2. The van der Waals surface area contributed by atoms with E-state index in [1.807, 2.05) is 42.5 Å². The van der Waals surface area contributed by atoms with Gasteiger partial charge in [0.2, 0.25) is 5.13 Å². The highest BCUT2D eigenvalue weighted by molar-refractivity contribution is 7.14. The molecule has 0 fully saturated rings. The Hall–Kier alpha value is -3.45. The minimum Gasteiger partial charge on any atom is -0.497 e. The molecule has 0 radical (unpaired) electrons. The van der Waals surface area contributed by atoms with E-state index >= 15 is 0 Å². The number of fused-ring (bicyclic) bond motifs is 1. The number of hydrogen-bond donors (Lipinski definition) is 1. The zero-order valence-electron chi connectivity index (χ0n) is 14.4. The number of rotatable bonds is 5. The molecule has 134 valence electrons. The summed E-state index contributed by atoms with van der Waals surface area (Å²) in [6.45, 7) is 0. The topological polar surface area (TPSA) is 76.7 Å². The van der Waals surface area contributed by atoms with Gasteiger partial charge in [-0.05, 0) is 29.8 Å². The van der Waals surface area contributed by atoms with E-state index in [0.717, 1.165) is 16.7 Å². The van der Waals surface area contributed by atoms with Gasteiger partial charge in [-0.25, -0.2) is 9.78 Å². The lowest BCUT2D eigenvalue weighted by Gasteiger charge is -2.00. The van der Waals surface area contributed by atoms with Gasteiger partial charge in [-0.15, -0.1) is 11.3 Å². The van der Waals surface area contributed by atoms with E-state index in [1.165, 1.54) is 11.3 Å². The first-order valence-corrected chi connectivity index (χ1v) is 9.03. The Morgan fingerprint density at radius 2 is 2.07 bits per heavy atom. The Morgan fingerprint density at radius 1 is 1.19 bits per heavy atom. The highest BCUT2D eigenvalue weighted by Crippen LogP contribution is 2.25. The molecule has 2 aromatic carbocycles. The lowest BCUT2D eigenvalue weighted by Crippen LogP contribution is -2.02. The van der Waals surface area contributed by atoms with Crippen molar-refractivity contribution in [2.75, 3.05) is 12.5 Å². The first kappa shape index (κ1) is 17.0. The summed E-state index contributed by atoms with van der Waals surface area (Å²) in [5.74, 6) is 0.763. The van der Waals surface area contributed by atoms with Crippen LogP contribution in [0.4, 0.5) is 5.13 Å². The van der Waals surface area contributed by atoms with Gasteiger partial charge in [0.15, 0.2) is 0 Å². The molecule has 0 unspecified atom stereocenters. The number of hydrazone groups is 1. The van der Waals surface area contributed by atoms with E-state index in [1.54, 1.807) is 30.8 Å². The van der Waals surface area contributed by atoms with Crippen LogP contribution in [-0.4, -0.2) is 18.3 Å². The molecule has 2 aromatic heterocycles. The van der Waals surface area contributed by atoms with E-state index in [0.29, 0.717) is 22.0 Å². The largest absolute Gasteiger partial charge is 0.497 e. The normalized spacial score (nSPS) is 11.1. The highest BCUT2D eigenvalue weighted by Gasteiger charge is 2.11. The van der Waals surface area contributed by atoms with Gasteiger partial charge >= 0.3 is 5.63 Å². The van der Waals surface area contributed by atoms with Crippen LogP contribution in [0.2, 0.25) is 0 Å². The van der Waals surface area contributed by atoms with Crippen molar-refractivity contribution in [3.05, 3.63) is 76.0 Å². The molecule has 4 aromatic rings. The SMILES string of the molecule is COc1cccc(C=NNc2nc(-c3cc4ccccc4oc3=O)cs2)c1. The lowest BCUT2D eigenvalue weighted by atomic mass is 10.1. The van der Waals surface area contributed by atoms with Crippen molar-refractivity contribution < 1.29 is 9.15 Å². The minimum atomic E-state index is -0.412. The summed E-state index contributed by atoms with van der Waals surface area (Å²) in [6, 6.07) is 16.7. The van der Waals surface area contributed by atoms with Crippen molar-refractivity contribution >= 4 is 33.7 Å². The van der Waals surface area contributed by atoms with Crippen molar-refractivity contribution in [2.45, 2.75) is 0 Å². The Kier molecular flexibility index (Phi) is 4.67. The van der Waals surface area contributed by atoms with E-state index in [9.17, 15) is 4.79 Å². The molecular formula is C20H15N3O3S. The van der Waals surface area contributed by atoms with E-state index in [2.05, 4.69) is 15.5 Å². The Balaban J connectivity index is 1.54. The molecule has 0 amide bonds. The first-order chi connectivity index (χ1) is 13.2. The molecule has 0 saturated heterocycles. The second kappa shape index (κ2) is 7.43. The van der Waals surface area contributed by atoms with Gasteiger partial charge in [0.1, 0.15) is 11.3 Å². The molecule has 7 heteroatoms. The average molecular weight is 377 g/mol. The molecule has 0 aliphatic heterocycles. The number of para-hydroxylation sites is 1. The number of benzene rings is 2. The fraction of sp³-hybridized carbons (Fsp3) is 0.0500. The second-order valence-electron chi connectivity index (χ2n) is 5.67. The summed E-state index contributed by atoms with van der Waals surface area (Å²) in [7, 11) is 1.62. The summed E-state index contributed by atoms with van der Waals surface area (Å²) in [5.41, 5.74) is 4.90. The summed E-state index contributed by atoms with van der Waals surface area (Å²) < 4.78 is 10.5. The average Bonchev–Trinajstić information content (AvgIpc) is 3.16. The van der Waals surface area contributed by atoms with Crippen LogP contribution < -0.4 is 15.8 Å². The Morgan fingerprint density at radius 3 is 2.96 bits per heavy atom. The van der Waals surface area contributed by atoms with Crippen LogP contribution in [0, 0.1) is 0 Å². The van der Waals surface area contributed by atoms with Gasteiger partial charge in [-0.1, -0.05) is 30.3 Å². The summed E-state index contributed by atoms with van der Waals surface area (Å²) in [4.78, 5) is 16.7. The molecular weight excluding hydrogens is 362 g/mol. The van der Waals surface area contributed by atoms with Crippen LogP contribution in [0.1, 0.15) is 5.56 Å². The minimum absolute atomic E-state index is 0.412. The van der Waals surface area contributed by atoms with Gasteiger partial charge in [-0.3, -0.25) is 5.43 Å². The number of aromatic nitrogens is 1. The number of ether oxygens (including phenoxy) is 1. The van der Waals surface area contributed by atoms with Crippen LogP contribution in [0.3, 0.4) is 0 Å². The second-order valence-corrected chi connectivity index (χ2v) is 6.53. The number of anilines is 1. The third-order valence-electron chi connectivity index (χ3n) is 3.89. The van der Waals surface area contributed by atoms with Crippen LogP contribution in [0.15, 0.2) is 74.3 Å². The monoisotopic (exact) mass is 377 g/mol. The number of thiazole rings is 1. The van der Waals surface area contributed by atoms with E-state index in [-0.39, 0.29) is 0 Å². The van der Waals surface area contributed by atoms with Crippen LogP contribution in [0.25, 0.3) is 22.2 Å². The van der Waals surface area contributed by atoms with Gasteiger partial charge in [-0.2, -0.15) is 5.10 Å². The summed E-state index contributed by atoms with van der Waals surface area (Å²) in [5, 5.41) is 7.41. The van der Waals surface area contributed by atoms with Crippen LogP contribution in [-0.2, 0) is 0 Å². The molecule has 0 aliphatic rings. The van der Waals surface area contributed by atoms with Crippen molar-refractivity contribution in [3.8, 4) is 17.0 Å². The standard InChI is InChI=1S/C20H15N3O3S/c1-25-15-7-4-5-13(9-15)11-21-23-20-22-17(12-27-20)16-10-14-6-2-3-8-18(14)26-19(16)24/h2-12H,1H3,(H,22,23). The number of hydrogen-bond acceptors (Lipinski definition) is 7. The number of nitrogens with zero attached hydrogens (tertiary/aromatic N) is 2. The quantitative estimate of drug-likeness (QED) is 0.317. The first-order valence-electron chi connectivity index (χ1n) is 8.15. The fourth-order valence-corrected chi connectivity index (χ4v) is 3.23. The van der Waals surface area contributed by atoms with Crippen molar-refractivity contribution in [1.29, 1.82) is 0 Å². The molecule has 2 heterocycles. The number of nitrogens with one attached hydrogen (secondary N) is 1. The van der Waals surface area contributed by atoms with Crippen LogP contribution >= 0.6 is 11.3 Å². The molecule has 0 saturated carbocycles. The molecule has 0 atom stereocenters. The predicted molar refractivity (Wildman–Crippen MR) is 108 cm³/mol. The smallest absolute Gasteiger partial charge is 0.345 e. The molecule has 4 rings (SSSR count). The molecule has 27 heavy (non-hydrogen) atoms. The third-order valence-corrected chi connectivity index (χ3v) is 4.64. The molecule has 0 bridgehead atoms. The van der Waals surface area contributed by atoms with Gasteiger partial charge in [0.05, 0.1) is 24.6 Å². The Bertz CT molecular complexity index is 1180. The maximum Gasteiger partial charge on any atom is 0.345 e. The van der Waals surface area contributed by atoms with Gasteiger partial charge < -0.3 is 9.15 Å². The lowest BCUT2D eigenvalue weighted by molar-refractivity contribution is 0.415. The van der Waals surface area contributed by atoms with Crippen molar-refractivity contribution in [3.63, 3.8) is 0 Å². The zero-order chi connectivity index (χ0) is 18.6. The predicted octanol–water partition coefficient (Wildman–Crippen LogP) is 4.37. The number of methoxy groups -OCH3 is 1. The molecule has 1 N–H and O–H groups in total. The summed E-state index contributed by atoms with van der Waals surface area (Å²) >= 11 is 1.36. The highest BCUT2D eigenvalue weighted by atomic mass is 32.1. The zero-order valence-corrected chi connectivity index (χ0v) is 15.2. The Labute approximate surface area is 158 Å². The third kappa shape index (κ3) is 3.73. The molecule has 0 aliphatic carbocycles. The molecule has 0 spiro atoms. The summed E-state index contributed by atoms with van der Waals surface area (Å²) in [6.07, 6.45) is 1.67. The van der Waals surface area contributed by atoms with Crippen molar-refractivity contribution in [2.24, 2.45) is 5.10 Å². The van der Waals surface area contributed by atoms with E-state index in [4.69, 9.17) is 9.15 Å². The van der Waals surface area contributed by atoms with Crippen LogP contribution in [0.5, 0.6) is 5.75 Å². The van der Waals surface area contributed by atoms with Gasteiger partial charge in [0, 0.05) is 10.8 Å². The van der Waals surface area contributed by atoms with Gasteiger partial charge in [0.25, 0.3) is 0 Å². The van der Waals surface area contributed by atoms with E-state index < -0.39 is 5.63 Å². The maximum absolute atomic E-state index is 12.2. The fourth-order valence-electron chi connectivity index (χ4n) is 2.57. The van der Waals surface area contributed by atoms with Crippen molar-refractivity contribution in [1.82, 2.24) is 4.98 Å². The molecule has 6 nitrogen and oxygen atoms in total.